The minimum absolute atomic E-state index is 0.115. The Morgan fingerprint density at radius 2 is 1.71 bits per heavy atom. The van der Waals surface area contributed by atoms with Crippen molar-refractivity contribution in [2.75, 3.05) is 11.9 Å². The van der Waals surface area contributed by atoms with E-state index in [9.17, 15) is 18.0 Å². The van der Waals surface area contributed by atoms with Gasteiger partial charge in [0.1, 0.15) is 0 Å². The molecule has 5 rings (SSSR count). The lowest BCUT2D eigenvalue weighted by atomic mass is 9.99. The van der Waals surface area contributed by atoms with Crippen LogP contribution >= 0.6 is 0 Å². The van der Waals surface area contributed by atoms with Crippen LogP contribution in [0.1, 0.15) is 41.6 Å². The Labute approximate surface area is 199 Å². The van der Waals surface area contributed by atoms with Crippen molar-refractivity contribution in [1.29, 1.82) is 0 Å². The van der Waals surface area contributed by atoms with Crippen molar-refractivity contribution in [1.82, 2.24) is 9.62 Å². The fourth-order valence-electron chi connectivity index (χ4n) is 5.11. The zero-order valence-electron chi connectivity index (χ0n) is 19.0. The summed E-state index contributed by atoms with van der Waals surface area (Å²) in [4.78, 5) is 26.9. The van der Waals surface area contributed by atoms with Crippen molar-refractivity contribution < 1.29 is 18.0 Å². The Morgan fingerprint density at radius 3 is 2.50 bits per heavy atom. The molecular formula is C26H27N3O4S. The number of aryl methyl sites for hydroxylation is 1. The molecule has 0 saturated carbocycles. The number of rotatable bonds is 5. The van der Waals surface area contributed by atoms with Crippen molar-refractivity contribution in [3.05, 3.63) is 71.8 Å². The van der Waals surface area contributed by atoms with Crippen LogP contribution in [0.4, 0.5) is 5.69 Å². The Balaban J connectivity index is 1.41. The summed E-state index contributed by atoms with van der Waals surface area (Å²) in [5.74, 6) is -0.0736. The number of benzene rings is 3. The SMILES string of the molecule is Cc1ccccc1C(=O)Nc1ccc(S(=O)(=O)NC2CCN3C(=O)CC[C@@H]3C2)c2ccccc12. The van der Waals surface area contributed by atoms with Gasteiger partial charge in [-0.05, 0) is 49.9 Å². The average molecular weight is 478 g/mol. The molecule has 2 aliphatic heterocycles. The highest BCUT2D eigenvalue weighted by Gasteiger charge is 2.37. The van der Waals surface area contributed by atoms with Gasteiger partial charge in [0.15, 0.2) is 0 Å². The molecule has 0 spiro atoms. The minimum atomic E-state index is -3.80. The van der Waals surface area contributed by atoms with Crippen molar-refractivity contribution in [3.8, 4) is 0 Å². The lowest BCUT2D eigenvalue weighted by Crippen LogP contribution is -2.48. The van der Waals surface area contributed by atoms with Crippen LogP contribution in [-0.4, -0.2) is 43.8 Å². The summed E-state index contributed by atoms with van der Waals surface area (Å²) in [7, 11) is -3.80. The van der Waals surface area contributed by atoms with Crippen LogP contribution in [-0.2, 0) is 14.8 Å². The molecule has 2 aliphatic rings. The highest BCUT2D eigenvalue weighted by Crippen LogP contribution is 2.32. The standard InChI is InChI=1S/C26H27N3O4S/c1-17-6-2-3-7-20(17)26(31)27-23-11-12-24(22-9-5-4-8-21(22)23)34(32,33)28-18-14-15-29-19(16-18)10-13-25(29)30/h2-9,11-12,18-19,28H,10,13-16H2,1H3,(H,27,31)/t18?,19-/m1/s1. The zero-order chi connectivity index (χ0) is 23.9. The van der Waals surface area contributed by atoms with Gasteiger partial charge in [0.05, 0.1) is 4.90 Å². The Hall–Kier alpha value is -3.23. The van der Waals surface area contributed by atoms with E-state index in [-0.39, 0.29) is 28.8 Å². The predicted octanol–water partition coefficient (Wildman–Crippen LogP) is 3.83. The molecule has 3 aromatic carbocycles. The molecule has 2 N–H and O–H groups in total. The van der Waals surface area contributed by atoms with Crippen LogP contribution in [0.15, 0.2) is 65.6 Å². The van der Waals surface area contributed by atoms with Crippen molar-refractivity contribution >= 4 is 38.3 Å². The maximum absolute atomic E-state index is 13.4. The molecule has 2 amide bonds. The average Bonchev–Trinajstić information content (AvgIpc) is 3.19. The second-order valence-electron chi connectivity index (χ2n) is 9.05. The van der Waals surface area contributed by atoms with Gasteiger partial charge >= 0.3 is 0 Å². The van der Waals surface area contributed by atoms with E-state index in [1.54, 1.807) is 30.3 Å². The number of nitrogens with one attached hydrogen (secondary N) is 2. The van der Waals surface area contributed by atoms with Crippen LogP contribution in [0.2, 0.25) is 0 Å². The topological polar surface area (TPSA) is 95.6 Å². The number of nitrogens with zero attached hydrogens (tertiary/aromatic N) is 1. The number of amides is 2. The Morgan fingerprint density at radius 1 is 0.971 bits per heavy atom. The van der Waals surface area contributed by atoms with E-state index >= 15 is 0 Å². The smallest absolute Gasteiger partial charge is 0.255 e. The van der Waals surface area contributed by atoms with Gasteiger partial charge < -0.3 is 10.2 Å². The van der Waals surface area contributed by atoms with Crippen LogP contribution < -0.4 is 10.0 Å². The quantitative estimate of drug-likeness (QED) is 0.584. The van der Waals surface area contributed by atoms with Crippen LogP contribution in [0.25, 0.3) is 10.8 Å². The number of carbonyl (C=O) groups is 2. The molecule has 7 nitrogen and oxygen atoms in total. The first-order valence-electron chi connectivity index (χ1n) is 11.5. The Bertz CT molecular complexity index is 1390. The largest absolute Gasteiger partial charge is 0.340 e. The summed E-state index contributed by atoms with van der Waals surface area (Å²) in [5.41, 5.74) is 1.99. The molecule has 2 saturated heterocycles. The number of fused-ring (bicyclic) bond motifs is 2. The molecule has 2 heterocycles. The van der Waals surface area contributed by atoms with E-state index in [1.807, 2.05) is 42.2 Å². The third kappa shape index (κ3) is 4.19. The minimum Gasteiger partial charge on any atom is -0.340 e. The van der Waals surface area contributed by atoms with E-state index in [0.29, 0.717) is 47.8 Å². The maximum Gasteiger partial charge on any atom is 0.255 e. The number of anilines is 1. The highest BCUT2D eigenvalue weighted by molar-refractivity contribution is 7.89. The van der Waals surface area contributed by atoms with Gasteiger partial charge in [-0.1, -0.05) is 42.5 Å². The second-order valence-corrected chi connectivity index (χ2v) is 10.7. The first-order chi connectivity index (χ1) is 16.3. The van der Waals surface area contributed by atoms with Gasteiger partial charge in [0.2, 0.25) is 15.9 Å². The molecule has 176 valence electrons. The van der Waals surface area contributed by atoms with Gasteiger partial charge in [-0.2, -0.15) is 0 Å². The molecule has 34 heavy (non-hydrogen) atoms. The molecule has 1 unspecified atom stereocenters. The zero-order valence-corrected chi connectivity index (χ0v) is 19.8. The Kier molecular flexibility index (Phi) is 5.87. The fourth-order valence-corrected chi connectivity index (χ4v) is 6.60. The van der Waals surface area contributed by atoms with Crippen LogP contribution in [0.5, 0.6) is 0 Å². The predicted molar refractivity (Wildman–Crippen MR) is 131 cm³/mol. The molecule has 2 fully saturated rings. The first kappa shape index (κ1) is 22.6. The van der Waals surface area contributed by atoms with Gasteiger partial charge in [0.25, 0.3) is 5.91 Å². The second kappa shape index (κ2) is 8.85. The molecule has 0 bridgehead atoms. The van der Waals surface area contributed by atoms with E-state index < -0.39 is 10.0 Å². The van der Waals surface area contributed by atoms with E-state index in [0.717, 1.165) is 12.0 Å². The van der Waals surface area contributed by atoms with E-state index in [4.69, 9.17) is 0 Å². The van der Waals surface area contributed by atoms with Crippen molar-refractivity contribution in [2.45, 2.75) is 49.6 Å². The molecular weight excluding hydrogens is 450 g/mol. The highest BCUT2D eigenvalue weighted by atomic mass is 32.2. The van der Waals surface area contributed by atoms with Crippen molar-refractivity contribution in [3.63, 3.8) is 0 Å². The van der Waals surface area contributed by atoms with Crippen LogP contribution in [0.3, 0.4) is 0 Å². The first-order valence-corrected chi connectivity index (χ1v) is 13.0. The molecule has 3 aromatic rings. The number of piperidine rings is 1. The molecule has 2 atom stereocenters. The number of sulfonamides is 1. The third-order valence-corrected chi connectivity index (χ3v) is 8.44. The lowest BCUT2D eigenvalue weighted by Gasteiger charge is -2.35. The number of hydrogen-bond acceptors (Lipinski definition) is 4. The number of carbonyl (C=O) groups excluding carboxylic acids is 2. The molecule has 0 aliphatic carbocycles. The van der Waals surface area contributed by atoms with Crippen molar-refractivity contribution in [2.24, 2.45) is 0 Å². The lowest BCUT2D eigenvalue weighted by molar-refractivity contribution is -0.129. The van der Waals surface area contributed by atoms with Gasteiger partial charge in [-0.3, -0.25) is 9.59 Å². The van der Waals surface area contributed by atoms with Gasteiger partial charge in [0, 0.05) is 47.1 Å². The third-order valence-electron chi connectivity index (χ3n) is 6.86. The summed E-state index contributed by atoms with van der Waals surface area (Å²) < 4.78 is 29.7. The molecule has 0 aromatic heterocycles. The van der Waals surface area contributed by atoms with Crippen LogP contribution in [0, 0.1) is 6.92 Å². The summed E-state index contributed by atoms with van der Waals surface area (Å²) in [6, 6.07) is 17.6. The van der Waals surface area contributed by atoms with Gasteiger partial charge in [-0.15, -0.1) is 0 Å². The molecule has 0 radical (unpaired) electrons. The van der Waals surface area contributed by atoms with E-state index in [1.165, 1.54) is 0 Å². The summed E-state index contributed by atoms with van der Waals surface area (Å²) in [5, 5.41) is 4.14. The van der Waals surface area contributed by atoms with E-state index in [2.05, 4.69) is 10.0 Å². The normalized spacial score (nSPS) is 20.4. The maximum atomic E-state index is 13.4. The summed E-state index contributed by atoms with van der Waals surface area (Å²) in [6.07, 6.45) is 2.57. The summed E-state index contributed by atoms with van der Waals surface area (Å²) in [6.45, 7) is 2.46. The number of hydrogen-bond donors (Lipinski definition) is 2. The monoisotopic (exact) mass is 477 g/mol. The fraction of sp³-hybridized carbons (Fsp3) is 0.308. The van der Waals surface area contributed by atoms with Gasteiger partial charge in [-0.25, -0.2) is 13.1 Å². The molecule has 8 heteroatoms. The summed E-state index contributed by atoms with van der Waals surface area (Å²) >= 11 is 0.